The van der Waals surface area contributed by atoms with Crippen LogP contribution >= 0.6 is 22.6 Å². The van der Waals surface area contributed by atoms with Crippen LogP contribution in [0.25, 0.3) is 0 Å². The molecule has 66 valence electrons. The molecule has 0 amide bonds. The van der Waals surface area contributed by atoms with Gasteiger partial charge in [-0.25, -0.2) is 0 Å². The lowest BCUT2D eigenvalue weighted by molar-refractivity contribution is 0.517. The third-order valence-electron chi connectivity index (χ3n) is 1.57. The summed E-state index contributed by atoms with van der Waals surface area (Å²) in [6.45, 7) is 4.09. The highest BCUT2D eigenvalue weighted by atomic mass is 127. The molecule has 0 saturated carbocycles. The smallest absolute Gasteiger partial charge is 0.0138 e. The van der Waals surface area contributed by atoms with E-state index in [4.69, 9.17) is 5.73 Å². The van der Waals surface area contributed by atoms with Gasteiger partial charge in [0.05, 0.1) is 0 Å². The molecule has 0 saturated heterocycles. The van der Waals surface area contributed by atoms with Crippen LogP contribution in [0.5, 0.6) is 0 Å². The van der Waals surface area contributed by atoms with Crippen molar-refractivity contribution in [1.82, 2.24) is 0 Å². The van der Waals surface area contributed by atoms with Crippen LogP contribution in [0, 0.1) is 3.57 Å². The first-order valence-electron chi connectivity index (χ1n) is 4.01. The van der Waals surface area contributed by atoms with Crippen molar-refractivity contribution in [1.29, 1.82) is 0 Å². The molecule has 1 aromatic carbocycles. The van der Waals surface area contributed by atoms with Crippen molar-refractivity contribution in [3.63, 3.8) is 0 Å². The normalized spacial score (nSPS) is 11.7. The predicted octanol–water partition coefficient (Wildman–Crippen LogP) is 2.57. The van der Waals surface area contributed by atoms with E-state index in [2.05, 4.69) is 46.9 Å². The first-order chi connectivity index (χ1) is 5.47. The third-order valence-corrected chi connectivity index (χ3v) is 2.29. The van der Waals surface area contributed by atoms with Gasteiger partial charge in [-0.3, -0.25) is 0 Å². The predicted molar refractivity (Wildman–Crippen MR) is 61.1 cm³/mol. The molecule has 1 aromatic rings. The van der Waals surface area contributed by atoms with Crippen LogP contribution in [0.2, 0.25) is 0 Å². The fourth-order valence-corrected chi connectivity index (χ4v) is 1.49. The van der Waals surface area contributed by atoms with Gasteiger partial charge in [-0.1, -0.05) is 12.1 Å². The summed E-state index contributed by atoms with van der Waals surface area (Å²) in [7, 11) is 0. The molecule has 0 aliphatic heterocycles. The minimum atomic E-state index is -0.104. The van der Waals surface area contributed by atoms with Gasteiger partial charge in [0.1, 0.15) is 0 Å². The van der Waals surface area contributed by atoms with Gasteiger partial charge in [0.15, 0.2) is 0 Å². The second-order valence-corrected chi connectivity index (χ2v) is 5.04. The quantitative estimate of drug-likeness (QED) is 0.825. The maximum Gasteiger partial charge on any atom is 0.0138 e. The minimum absolute atomic E-state index is 0.104. The number of hydrogen-bond acceptors (Lipinski definition) is 1. The summed E-state index contributed by atoms with van der Waals surface area (Å²) in [6, 6.07) is 8.50. The van der Waals surface area contributed by atoms with Crippen LogP contribution in [0.4, 0.5) is 0 Å². The zero-order chi connectivity index (χ0) is 9.19. The van der Waals surface area contributed by atoms with Crippen molar-refractivity contribution in [3.05, 3.63) is 33.4 Å². The maximum absolute atomic E-state index is 5.90. The van der Waals surface area contributed by atoms with Gasteiger partial charge in [0.2, 0.25) is 0 Å². The largest absolute Gasteiger partial charge is 0.325 e. The number of halogens is 1. The van der Waals surface area contributed by atoms with E-state index in [1.165, 1.54) is 9.13 Å². The zero-order valence-corrected chi connectivity index (χ0v) is 9.63. The molecule has 0 heterocycles. The molecular formula is C10H14IN. The molecule has 0 unspecified atom stereocenters. The van der Waals surface area contributed by atoms with Crippen molar-refractivity contribution in [2.75, 3.05) is 0 Å². The Kier molecular flexibility index (Phi) is 3.12. The van der Waals surface area contributed by atoms with Crippen molar-refractivity contribution in [2.24, 2.45) is 5.73 Å². The van der Waals surface area contributed by atoms with E-state index in [0.29, 0.717) is 0 Å². The summed E-state index contributed by atoms with van der Waals surface area (Å²) in [5, 5.41) is 0. The molecule has 0 fully saturated rings. The Morgan fingerprint density at radius 2 is 1.75 bits per heavy atom. The van der Waals surface area contributed by atoms with Crippen LogP contribution in [-0.4, -0.2) is 5.54 Å². The maximum atomic E-state index is 5.90. The molecule has 0 atom stereocenters. The summed E-state index contributed by atoms with van der Waals surface area (Å²) in [5.41, 5.74) is 7.11. The molecule has 0 spiro atoms. The van der Waals surface area contributed by atoms with E-state index in [-0.39, 0.29) is 5.54 Å². The molecule has 2 N–H and O–H groups in total. The van der Waals surface area contributed by atoms with E-state index >= 15 is 0 Å². The highest BCUT2D eigenvalue weighted by Gasteiger charge is 2.10. The molecule has 1 nitrogen and oxygen atoms in total. The van der Waals surface area contributed by atoms with E-state index in [1.54, 1.807) is 0 Å². The minimum Gasteiger partial charge on any atom is -0.325 e. The molecular weight excluding hydrogens is 261 g/mol. The summed E-state index contributed by atoms with van der Waals surface area (Å²) in [4.78, 5) is 0. The lowest BCUT2D eigenvalue weighted by Crippen LogP contribution is -2.34. The lowest BCUT2D eigenvalue weighted by Gasteiger charge is -2.18. The van der Waals surface area contributed by atoms with Crippen LogP contribution in [0.3, 0.4) is 0 Å². The third kappa shape index (κ3) is 3.54. The van der Waals surface area contributed by atoms with Gasteiger partial charge in [0, 0.05) is 9.11 Å². The Hall–Kier alpha value is -0.0900. The number of nitrogens with two attached hydrogens (primary N) is 1. The summed E-state index contributed by atoms with van der Waals surface area (Å²) in [5.74, 6) is 0. The van der Waals surface area contributed by atoms with Gasteiger partial charge in [-0.2, -0.15) is 0 Å². The van der Waals surface area contributed by atoms with E-state index in [9.17, 15) is 0 Å². The Labute approximate surface area is 87.5 Å². The molecule has 1 rings (SSSR count). The molecule has 2 heteroatoms. The van der Waals surface area contributed by atoms with Gasteiger partial charge < -0.3 is 5.73 Å². The molecule has 0 bridgehead atoms. The van der Waals surface area contributed by atoms with Gasteiger partial charge in [-0.15, -0.1) is 0 Å². The van der Waals surface area contributed by atoms with E-state index in [0.717, 1.165) is 6.42 Å². The molecule has 0 aromatic heterocycles. The number of hydrogen-bond donors (Lipinski definition) is 1. The first-order valence-corrected chi connectivity index (χ1v) is 5.08. The van der Waals surface area contributed by atoms with Crippen molar-refractivity contribution in [2.45, 2.75) is 25.8 Å². The Bertz CT molecular complexity index is 246. The van der Waals surface area contributed by atoms with E-state index < -0.39 is 0 Å². The van der Waals surface area contributed by atoms with Crippen LogP contribution < -0.4 is 5.73 Å². The fraction of sp³-hybridized carbons (Fsp3) is 0.400. The molecule has 0 radical (unpaired) electrons. The lowest BCUT2D eigenvalue weighted by atomic mass is 9.96. The van der Waals surface area contributed by atoms with Crippen molar-refractivity contribution >= 4 is 22.6 Å². The highest BCUT2D eigenvalue weighted by molar-refractivity contribution is 14.1. The Morgan fingerprint density at radius 1 is 1.25 bits per heavy atom. The Morgan fingerprint density at radius 3 is 2.17 bits per heavy atom. The average molecular weight is 275 g/mol. The highest BCUT2D eigenvalue weighted by Crippen LogP contribution is 2.12. The van der Waals surface area contributed by atoms with E-state index in [1.807, 2.05) is 13.8 Å². The van der Waals surface area contributed by atoms with Gasteiger partial charge in [0.25, 0.3) is 0 Å². The number of rotatable bonds is 2. The SMILES string of the molecule is CC(C)(N)Cc1ccc(I)cc1. The first kappa shape index (κ1) is 9.99. The van der Waals surface area contributed by atoms with Crippen LogP contribution in [0.15, 0.2) is 24.3 Å². The van der Waals surface area contributed by atoms with Crippen LogP contribution in [-0.2, 0) is 6.42 Å². The molecule has 0 aliphatic rings. The summed E-state index contributed by atoms with van der Waals surface area (Å²) in [6.07, 6.45) is 0.934. The Balaban J connectivity index is 2.71. The summed E-state index contributed by atoms with van der Waals surface area (Å²) < 4.78 is 1.27. The zero-order valence-electron chi connectivity index (χ0n) is 7.47. The standard InChI is InChI=1S/C10H14IN/c1-10(2,12)7-8-3-5-9(11)6-4-8/h3-6H,7,12H2,1-2H3. The second-order valence-electron chi connectivity index (χ2n) is 3.79. The summed E-state index contributed by atoms with van der Waals surface area (Å²) >= 11 is 2.30. The van der Waals surface area contributed by atoms with Crippen LogP contribution in [0.1, 0.15) is 19.4 Å². The monoisotopic (exact) mass is 275 g/mol. The second kappa shape index (κ2) is 3.75. The van der Waals surface area contributed by atoms with Gasteiger partial charge in [-0.05, 0) is 60.6 Å². The van der Waals surface area contributed by atoms with Crippen molar-refractivity contribution in [3.8, 4) is 0 Å². The number of benzene rings is 1. The topological polar surface area (TPSA) is 26.0 Å². The van der Waals surface area contributed by atoms with Gasteiger partial charge >= 0.3 is 0 Å². The molecule has 0 aliphatic carbocycles. The molecule has 12 heavy (non-hydrogen) atoms. The average Bonchev–Trinajstić information content (AvgIpc) is 1.91. The fourth-order valence-electron chi connectivity index (χ4n) is 1.13. The van der Waals surface area contributed by atoms with Crippen molar-refractivity contribution < 1.29 is 0 Å².